The lowest BCUT2D eigenvalue weighted by Gasteiger charge is -2.44. The van der Waals surface area contributed by atoms with E-state index >= 15 is 0 Å². The van der Waals surface area contributed by atoms with Crippen molar-refractivity contribution in [1.29, 1.82) is 0 Å². The zero-order valence-corrected chi connectivity index (χ0v) is 19.5. The number of ether oxygens (including phenoxy) is 1. The van der Waals surface area contributed by atoms with E-state index in [0.29, 0.717) is 31.6 Å². The van der Waals surface area contributed by atoms with Crippen LogP contribution in [0.15, 0.2) is 46.9 Å². The van der Waals surface area contributed by atoms with Crippen molar-refractivity contribution in [3.63, 3.8) is 0 Å². The molecule has 5 nitrogen and oxygen atoms in total. The quantitative estimate of drug-likeness (QED) is 0.464. The molecule has 2 fully saturated rings. The van der Waals surface area contributed by atoms with Gasteiger partial charge in [0.15, 0.2) is 0 Å². The minimum absolute atomic E-state index is 0.130. The molecule has 0 radical (unpaired) electrons. The summed E-state index contributed by atoms with van der Waals surface area (Å²) in [6.07, 6.45) is -2.75. The third-order valence-electron chi connectivity index (χ3n) is 6.71. The average molecular weight is 544 g/mol. The number of alkyl halides is 3. The zero-order chi connectivity index (χ0) is 24.7. The minimum Gasteiger partial charge on any atom is -0.481 e. The van der Waals surface area contributed by atoms with E-state index in [1.807, 2.05) is 0 Å². The number of carbonyl (C=O) groups is 2. The molecule has 1 amide bonds. The van der Waals surface area contributed by atoms with Gasteiger partial charge < -0.3 is 15.2 Å². The number of carbonyl (C=O) groups excluding carboxylic acids is 1. The molecule has 1 aliphatic carbocycles. The fourth-order valence-electron chi connectivity index (χ4n) is 5.15. The number of halogens is 5. The summed E-state index contributed by atoms with van der Waals surface area (Å²) in [5.74, 6) is -5.91. The molecule has 10 heteroatoms. The monoisotopic (exact) mass is 543 g/mol. The fraction of sp³-hybridized carbons (Fsp3) is 0.417. The molecule has 0 aromatic heterocycles. The van der Waals surface area contributed by atoms with E-state index in [0.717, 1.165) is 22.5 Å². The highest BCUT2D eigenvalue weighted by Crippen LogP contribution is 2.51. The first-order valence-electron chi connectivity index (χ1n) is 10.8. The highest BCUT2D eigenvalue weighted by atomic mass is 79.9. The molecule has 2 aliphatic rings. The number of carboxylic acids is 1. The molecule has 2 aromatic carbocycles. The number of amides is 1. The van der Waals surface area contributed by atoms with Gasteiger partial charge >= 0.3 is 12.1 Å². The van der Waals surface area contributed by atoms with E-state index < -0.39 is 58.5 Å². The van der Waals surface area contributed by atoms with E-state index in [2.05, 4.69) is 21.2 Å². The maximum Gasteiger partial charge on any atom is 0.416 e. The Kier molecular flexibility index (Phi) is 6.74. The molecule has 182 valence electrons. The molecule has 1 spiro atoms. The van der Waals surface area contributed by atoms with Gasteiger partial charge in [-0.2, -0.15) is 13.2 Å². The average Bonchev–Trinajstić information content (AvgIpc) is 3.21. The molecule has 4 atom stereocenters. The van der Waals surface area contributed by atoms with Gasteiger partial charge in [0.25, 0.3) is 0 Å². The Bertz CT molecular complexity index is 1080. The summed E-state index contributed by atoms with van der Waals surface area (Å²) in [6.45, 7) is 0.493. The normalized spacial score (nSPS) is 27.0. The Morgan fingerprint density at radius 3 is 2.38 bits per heavy atom. The van der Waals surface area contributed by atoms with Crippen LogP contribution in [0.1, 0.15) is 42.7 Å². The Balaban J connectivity index is 1.67. The van der Waals surface area contributed by atoms with E-state index in [-0.39, 0.29) is 6.42 Å². The second-order valence-corrected chi connectivity index (χ2v) is 9.77. The fourth-order valence-corrected chi connectivity index (χ4v) is 5.41. The summed E-state index contributed by atoms with van der Waals surface area (Å²) < 4.78 is 59.8. The zero-order valence-electron chi connectivity index (χ0n) is 17.9. The van der Waals surface area contributed by atoms with Crippen molar-refractivity contribution < 1.29 is 37.0 Å². The van der Waals surface area contributed by atoms with Crippen molar-refractivity contribution in [2.24, 2.45) is 11.8 Å². The van der Waals surface area contributed by atoms with Crippen LogP contribution in [0.3, 0.4) is 0 Å². The van der Waals surface area contributed by atoms with E-state index in [4.69, 9.17) is 4.74 Å². The number of carboxylic acid groups (broad SMARTS) is 1. The van der Waals surface area contributed by atoms with Crippen molar-refractivity contribution in [3.05, 3.63) is 63.9 Å². The highest BCUT2D eigenvalue weighted by molar-refractivity contribution is 9.10. The first kappa shape index (κ1) is 24.7. The summed E-state index contributed by atoms with van der Waals surface area (Å²) in [4.78, 5) is 25.6. The van der Waals surface area contributed by atoms with Crippen LogP contribution in [0.2, 0.25) is 0 Å². The van der Waals surface area contributed by atoms with Crippen molar-refractivity contribution in [2.45, 2.75) is 43.4 Å². The number of aliphatic carboxylic acids is 1. The number of benzene rings is 2. The first-order valence-corrected chi connectivity index (χ1v) is 11.6. The molecule has 1 saturated heterocycles. The smallest absolute Gasteiger partial charge is 0.416 e. The molecular weight excluding hydrogens is 522 g/mol. The van der Waals surface area contributed by atoms with Gasteiger partial charge in [-0.25, -0.2) is 4.39 Å². The molecule has 2 N–H and O–H groups in total. The van der Waals surface area contributed by atoms with Gasteiger partial charge in [-0.05, 0) is 61.6 Å². The Morgan fingerprint density at radius 1 is 1.12 bits per heavy atom. The Hall–Kier alpha value is -2.46. The van der Waals surface area contributed by atoms with Crippen molar-refractivity contribution in [1.82, 2.24) is 0 Å². The number of hydrogen-bond acceptors (Lipinski definition) is 3. The van der Waals surface area contributed by atoms with Crippen molar-refractivity contribution >= 4 is 33.5 Å². The topological polar surface area (TPSA) is 75.6 Å². The largest absolute Gasteiger partial charge is 0.481 e. The van der Waals surface area contributed by atoms with Gasteiger partial charge in [0, 0.05) is 17.0 Å². The lowest BCUT2D eigenvalue weighted by Crippen LogP contribution is -2.49. The third-order valence-corrected chi connectivity index (χ3v) is 7.24. The van der Waals surface area contributed by atoms with E-state index in [1.54, 1.807) is 24.3 Å². The first-order chi connectivity index (χ1) is 16.0. The maximum absolute atomic E-state index is 14.4. The van der Waals surface area contributed by atoms with Gasteiger partial charge in [0.1, 0.15) is 5.82 Å². The summed E-state index contributed by atoms with van der Waals surface area (Å²) in [7, 11) is 0. The molecule has 1 heterocycles. The van der Waals surface area contributed by atoms with Crippen LogP contribution in [0, 0.1) is 17.7 Å². The van der Waals surface area contributed by atoms with Crippen LogP contribution < -0.4 is 5.32 Å². The van der Waals surface area contributed by atoms with Crippen molar-refractivity contribution in [2.75, 3.05) is 11.9 Å². The van der Waals surface area contributed by atoms with Crippen LogP contribution in [0.4, 0.5) is 23.2 Å². The number of nitrogens with one attached hydrogen (secondary N) is 1. The van der Waals surface area contributed by atoms with Crippen molar-refractivity contribution in [3.8, 4) is 0 Å². The molecule has 0 bridgehead atoms. The van der Waals surface area contributed by atoms with Crippen LogP contribution in [-0.4, -0.2) is 29.2 Å². The highest BCUT2D eigenvalue weighted by Gasteiger charge is 2.53. The van der Waals surface area contributed by atoms with Gasteiger partial charge in [-0.3, -0.25) is 9.59 Å². The minimum atomic E-state index is -4.73. The number of hydrogen-bond donors (Lipinski definition) is 2. The van der Waals surface area contributed by atoms with Crippen LogP contribution in [0.5, 0.6) is 0 Å². The van der Waals surface area contributed by atoms with Gasteiger partial charge in [-0.1, -0.05) is 28.1 Å². The van der Waals surface area contributed by atoms with Gasteiger partial charge in [0.2, 0.25) is 5.91 Å². The number of rotatable bonds is 4. The van der Waals surface area contributed by atoms with E-state index in [1.165, 1.54) is 0 Å². The summed E-state index contributed by atoms with van der Waals surface area (Å²) >= 11 is 3.36. The third kappa shape index (κ3) is 4.98. The Labute approximate surface area is 201 Å². The number of anilines is 1. The standard InChI is InChI=1S/C24H22BrF4NO4/c25-15-5-2-13(3-6-15)16-11-23(8-1-9-34-23)12-17(20(16)22(32)33)21(31)30-19-7-4-14(10-18(19)26)24(27,28)29/h2-7,10,16-17,20H,1,8-9,11-12H2,(H,30,31)(H,32,33)/t16-,17-,20-,23-/m1/s1. The van der Waals surface area contributed by atoms with Gasteiger partial charge in [-0.15, -0.1) is 0 Å². The lowest BCUT2D eigenvalue weighted by molar-refractivity contribution is -0.155. The molecule has 1 saturated carbocycles. The summed E-state index contributed by atoms with van der Waals surface area (Å²) in [5.41, 5.74) is -1.57. The summed E-state index contributed by atoms with van der Waals surface area (Å²) in [6, 6.07) is 8.97. The Morgan fingerprint density at radius 2 is 1.82 bits per heavy atom. The van der Waals surface area contributed by atoms with Gasteiger partial charge in [0.05, 0.1) is 28.7 Å². The van der Waals surface area contributed by atoms with E-state index in [9.17, 15) is 32.3 Å². The van der Waals surface area contributed by atoms with Crippen LogP contribution in [-0.2, 0) is 20.5 Å². The molecular formula is C24H22BrF4NO4. The predicted molar refractivity (Wildman–Crippen MR) is 119 cm³/mol. The summed E-state index contributed by atoms with van der Waals surface area (Å²) in [5, 5.41) is 12.4. The second-order valence-electron chi connectivity index (χ2n) is 8.85. The SMILES string of the molecule is O=C(O)[C@@H]1[C@@H](c2ccc(Br)cc2)C[C@]2(CCCO2)C[C@H]1C(=O)Nc1ccc(C(F)(F)F)cc1F. The molecule has 1 aliphatic heterocycles. The van der Waals surface area contributed by atoms with Crippen LogP contribution >= 0.6 is 15.9 Å². The molecule has 34 heavy (non-hydrogen) atoms. The lowest BCUT2D eigenvalue weighted by atomic mass is 9.62. The maximum atomic E-state index is 14.4. The van der Waals surface area contributed by atoms with Crippen LogP contribution in [0.25, 0.3) is 0 Å². The molecule has 4 rings (SSSR count). The molecule has 0 unspecified atom stereocenters. The predicted octanol–water partition coefficient (Wildman–Crippen LogP) is 5.99. The second kappa shape index (κ2) is 9.30. The molecule has 2 aromatic rings.